The Labute approximate surface area is 114 Å². The van der Waals surface area contributed by atoms with Crippen LogP contribution in [0.3, 0.4) is 0 Å². The minimum atomic E-state index is -0.445. The van der Waals surface area contributed by atoms with Gasteiger partial charge >= 0.3 is 0 Å². The first-order valence-corrected chi connectivity index (χ1v) is 6.59. The number of methoxy groups -OCH3 is 1. The molecule has 2 aromatic carbocycles. The van der Waals surface area contributed by atoms with Gasteiger partial charge in [0.2, 0.25) is 0 Å². The van der Waals surface area contributed by atoms with E-state index in [2.05, 4.69) is 12.1 Å². The topological polar surface area (TPSA) is 29.5 Å². The van der Waals surface area contributed by atoms with Gasteiger partial charge in [-0.05, 0) is 23.1 Å². The maximum atomic E-state index is 10.2. The number of hydrogen-bond donors (Lipinski definition) is 1. The Bertz CT molecular complexity index is 476. The van der Waals surface area contributed by atoms with Gasteiger partial charge in [0.1, 0.15) is 0 Å². The summed E-state index contributed by atoms with van der Waals surface area (Å²) in [5.41, 5.74) is 3.35. The third-order valence-corrected chi connectivity index (χ3v) is 3.23. The number of rotatable bonds is 6. The van der Waals surface area contributed by atoms with E-state index in [9.17, 15) is 5.11 Å². The molecule has 1 unspecified atom stereocenters. The van der Waals surface area contributed by atoms with Crippen LogP contribution in [0.2, 0.25) is 0 Å². The minimum Gasteiger partial charge on any atom is -0.388 e. The van der Waals surface area contributed by atoms with Crippen LogP contribution in [0.15, 0.2) is 54.6 Å². The molecule has 0 radical (unpaired) electrons. The van der Waals surface area contributed by atoms with Crippen LogP contribution in [-0.2, 0) is 17.6 Å². The largest absolute Gasteiger partial charge is 0.388 e. The molecule has 2 aromatic rings. The highest BCUT2D eigenvalue weighted by Gasteiger charge is 2.08. The molecule has 0 heterocycles. The Morgan fingerprint density at radius 2 is 1.63 bits per heavy atom. The summed E-state index contributed by atoms with van der Waals surface area (Å²) in [6.45, 7) is 0.728. The summed E-state index contributed by atoms with van der Waals surface area (Å²) in [6, 6.07) is 18.2. The molecule has 0 fully saturated rings. The second-order valence-corrected chi connectivity index (χ2v) is 4.69. The average Bonchev–Trinajstić information content (AvgIpc) is 2.46. The van der Waals surface area contributed by atoms with Crippen molar-refractivity contribution in [2.24, 2.45) is 0 Å². The third kappa shape index (κ3) is 4.19. The maximum Gasteiger partial charge on any atom is 0.0830 e. The number of aliphatic hydroxyl groups is 1. The molecule has 2 nitrogen and oxygen atoms in total. The zero-order chi connectivity index (χ0) is 13.5. The molecule has 0 aliphatic carbocycles. The molecule has 1 N–H and O–H groups in total. The number of ether oxygens (including phenoxy) is 1. The molecule has 0 spiro atoms. The number of hydrogen-bond acceptors (Lipinski definition) is 2. The lowest BCUT2D eigenvalue weighted by Gasteiger charge is -2.12. The second kappa shape index (κ2) is 7.07. The smallest absolute Gasteiger partial charge is 0.0830 e. The van der Waals surface area contributed by atoms with E-state index in [1.807, 2.05) is 42.5 Å². The SMILES string of the molecule is COCCc1ccc(C(O)Cc2ccccc2)cc1. The normalized spacial score (nSPS) is 12.3. The predicted molar refractivity (Wildman–Crippen MR) is 77.1 cm³/mol. The summed E-state index contributed by atoms with van der Waals surface area (Å²) in [6.07, 6.45) is 1.11. The monoisotopic (exact) mass is 256 g/mol. The maximum absolute atomic E-state index is 10.2. The summed E-state index contributed by atoms with van der Waals surface area (Å²) in [7, 11) is 1.71. The zero-order valence-electron chi connectivity index (χ0n) is 11.3. The molecule has 100 valence electrons. The molecule has 0 aliphatic heterocycles. The van der Waals surface area contributed by atoms with Crippen LogP contribution in [0.1, 0.15) is 22.8 Å². The van der Waals surface area contributed by atoms with Gasteiger partial charge in [0.15, 0.2) is 0 Å². The van der Waals surface area contributed by atoms with Gasteiger partial charge in [-0.1, -0.05) is 54.6 Å². The fourth-order valence-corrected chi connectivity index (χ4v) is 2.08. The molecule has 0 saturated heterocycles. The first kappa shape index (κ1) is 13.8. The van der Waals surface area contributed by atoms with Crippen molar-refractivity contribution in [3.05, 3.63) is 71.3 Å². The van der Waals surface area contributed by atoms with Crippen molar-refractivity contribution < 1.29 is 9.84 Å². The summed E-state index contributed by atoms with van der Waals surface area (Å²) in [5.74, 6) is 0. The predicted octanol–water partition coefficient (Wildman–Crippen LogP) is 3.15. The molecular formula is C17H20O2. The van der Waals surface area contributed by atoms with Gasteiger partial charge in [-0.15, -0.1) is 0 Å². The molecular weight excluding hydrogens is 236 g/mol. The fourth-order valence-electron chi connectivity index (χ4n) is 2.08. The van der Waals surface area contributed by atoms with Crippen molar-refractivity contribution in [1.82, 2.24) is 0 Å². The summed E-state index contributed by atoms with van der Waals surface area (Å²) in [4.78, 5) is 0. The molecule has 19 heavy (non-hydrogen) atoms. The van der Waals surface area contributed by atoms with E-state index < -0.39 is 6.10 Å². The van der Waals surface area contributed by atoms with Gasteiger partial charge in [0, 0.05) is 13.5 Å². The molecule has 2 rings (SSSR count). The average molecular weight is 256 g/mol. The lowest BCUT2D eigenvalue weighted by molar-refractivity contribution is 0.178. The van der Waals surface area contributed by atoms with Gasteiger partial charge in [-0.3, -0.25) is 0 Å². The Morgan fingerprint density at radius 3 is 2.26 bits per heavy atom. The van der Waals surface area contributed by atoms with Crippen LogP contribution in [-0.4, -0.2) is 18.8 Å². The van der Waals surface area contributed by atoms with E-state index in [1.54, 1.807) is 7.11 Å². The Hall–Kier alpha value is -1.64. The van der Waals surface area contributed by atoms with E-state index in [0.29, 0.717) is 6.42 Å². The van der Waals surface area contributed by atoms with Crippen molar-refractivity contribution in [3.63, 3.8) is 0 Å². The highest BCUT2D eigenvalue weighted by molar-refractivity contribution is 5.26. The zero-order valence-corrected chi connectivity index (χ0v) is 11.3. The van der Waals surface area contributed by atoms with Crippen LogP contribution in [0.4, 0.5) is 0 Å². The third-order valence-electron chi connectivity index (χ3n) is 3.23. The van der Waals surface area contributed by atoms with Gasteiger partial charge in [-0.25, -0.2) is 0 Å². The van der Waals surface area contributed by atoms with E-state index in [-0.39, 0.29) is 0 Å². The quantitative estimate of drug-likeness (QED) is 0.860. The van der Waals surface area contributed by atoms with Gasteiger partial charge < -0.3 is 9.84 Å². The van der Waals surface area contributed by atoms with E-state index >= 15 is 0 Å². The lowest BCUT2D eigenvalue weighted by atomic mass is 10.00. The van der Waals surface area contributed by atoms with Gasteiger partial charge in [0.25, 0.3) is 0 Å². The van der Waals surface area contributed by atoms with E-state index in [4.69, 9.17) is 4.74 Å². The highest BCUT2D eigenvalue weighted by Crippen LogP contribution is 2.18. The van der Waals surface area contributed by atoms with Crippen molar-refractivity contribution in [3.8, 4) is 0 Å². The Balaban J connectivity index is 1.97. The minimum absolute atomic E-state index is 0.445. The Morgan fingerprint density at radius 1 is 0.947 bits per heavy atom. The van der Waals surface area contributed by atoms with Crippen molar-refractivity contribution in [1.29, 1.82) is 0 Å². The fraction of sp³-hybridized carbons (Fsp3) is 0.294. The summed E-state index contributed by atoms with van der Waals surface area (Å²) in [5, 5.41) is 10.2. The number of benzene rings is 2. The van der Waals surface area contributed by atoms with E-state index in [0.717, 1.165) is 24.2 Å². The van der Waals surface area contributed by atoms with Crippen LogP contribution in [0.25, 0.3) is 0 Å². The second-order valence-electron chi connectivity index (χ2n) is 4.69. The first-order chi connectivity index (χ1) is 9.29. The molecule has 0 saturated carbocycles. The molecule has 2 heteroatoms. The van der Waals surface area contributed by atoms with Crippen molar-refractivity contribution >= 4 is 0 Å². The van der Waals surface area contributed by atoms with Gasteiger partial charge in [0.05, 0.1) is 12.7 Å². The standard InChI is InChI=1S/C17H20O2/c1-19-12-11-14-7-9-16(10-8-14)17(18)13-15-5-3-2-4-6-15/h2-10,17-18H,11-13H2,1H3. The van der Waals surface area contributed by atoms with Crippen LogP contribution in [0.5, 0.6) is 0 Å². The lowest BCUT2D eigenvalue weighted by Crippen LogP contribution is -2.02. The van der Waals surface area contributed by atoms with Crippen LogP contribution >= 0.6 is 0 Å². The van der Waals surface area contributed by atoms with Crippen molar-refractivity contribution in [2.75, 3.05) is 13.7 Å². The van der Waals surface area contributed by atoms with E-state index in [1.165, 1.54) is 5.56 Å². The van der Waals surface area contributed by atoms with Crippen LogP contribution < -0.4 is 0 Å². The first-order valence-electron chi connectivity index (χ1n) is 6.59. The number of aliphatic hydroxyl groups excluding tert-OH is 1. The summed E-state index contributed by atoms with van der Waals surface area (Å²) < 4.78 is 5.05. The molecule has 1 atom stereocenters. The molecule has 0 amide bonds. The summed E-state index contributed by atoms with van der Waals surface area (Å²) >= 11 is 0. The van der Waals surface area contributed by atoms with Gasteiger partial charge in [-0.2, -0.15) is 0 Å². The van der Waals surface area contributed by atoms with Crippen LogP contribution in [0, 0.1) is 0 Å². The Kier molecular flexibility index (Phi) is 5.13. The molecule has 0 aromatic heterocycles. The molecule has 0 bridgehead atoms. The molecule has 0 aliphatic rings. The highest BCUT2D eigenvalue weighted by atomic mass is 16.5. The van der Waals surface area contributed by atoms with Crippen molar-refractivity contribution in [2.45, 2.75) is 18.9 Å².